The third kappa shape index (κ3) is 2.48. The first kappa shape index (κ1) is 16.1. The average Bonchev–Trinajstić information content (AvgIpc) is 3.15. The Balaban J connectivity index is 1.90. The Hall–Kier alpha value is -3.37. The Morgan fingerprint density at radius 2 is 1.96 bits per heavy atom. The zero-order valence-electron chi connectivity index (χ0n) is 13.6. The Morgan fingerprint density at radius 3 is 2.69 bits per heavy atom. The lowest BCUT2D eigenvalue weighted by Gasteiger charge is -2.08. The van der Waals surface area contributed by atoms with Crippen molar-refractivity contribution in [2.75, 3.05) is 5.73 Å². The summed E-state index contributed by atoms with van der Waals surface area (Å²) in [6.07, 6.45) is 0. The molecular weight excluding hydrogens is 355 g/mol. The minimum absolute atomic E-state index is 0.0312. The molecule has 0 unspecified atom stereocenters. The highest BCUT2D eigenvalue weighted by molar-refractivity contribution is 6.34. The van der Waals surface area contributed by atoms with Gasteiger partial charge in [-0.25, -0.2) is 13.9 Å². The van der Waals surface area contributed by atoms with Gasteiger partial charge in [0.15, 0.2) is 0 Å². The monoisotopic (exact) mass is 366 g/mol. The number of fused-ring (bicyclic) bond motifs is 1. The summed E-state index contributed by atoms with van der Waals surface area (Å²) in [4.78, 5) is 3.14. The average molecular weight is 367 g/mol. The fraction of sp³-hybridized carbons (Fsp3) is 0.0556. The molecule has 0 atom stereocenters. The zero-order chi connectivity index (χ0) is 18.4. The molecule has 128 valence electrons. The van der Waals surface area contributed by atoms with Gasteiger partial charge in [-0.05, 0) is 24.3 Å². The molecule has 8 heteroatoms. The number of hydrogen-bond donors (Lipinski definition) is 1. The van der Waals surface area contributed by atoms with Gasteiger partial charge in [0.25, 0.3) is 0 Å². The molecule has 0 aliphatic heterocycles. The van der Waals surface area contributed by atoms with Gasteiger partial charge < -0.3 is 5.73 Å². The number of nitrogens with two attached hydrogens (primary N) is 1. The van der Waals surface area contributed by atoms with Crippen LogP contribution in [0.5, 0.6) is 0 Å². The van der Waals surface area contributed by atoms with E-state index in [1.165, 1.54) is 12.1 Å². The molecule has 0 amide bonds. The van der Waals surface area contributed by atoms with Crippen LogP contribution < -0.4 is 5.73 Å². The number of hydrogen-bond acceptors (Lipinski definition) is 3. The van der Waals surface area contributed by atoms with Crippen LogP contribution in [0.1, 0.15) is 0 Å². The van der Waals surface area contributed by atoms with Crippen molar-refractivity contribution in [3.8, 4) is 16.9 Å². The van der Waals surface area contributed by atoms with Crippen molar-refractivity contribution in [3.05, 3.63) is 64.9 Å². The van der Waals surface area contributed by atoms with Gasteiger partial charge in [-0.2, -0.15) is 10.2 Å². The Kier molecular flexibility index (Phi) is 3.63. The Morgan fingerprint density at radius 1 is 1.15 bits per heavy atom. The van der Waals surface area contributed by atoms with Crippen molar-refractivity contribution in [2.24, 2.45) is 7.05 Å². The summed E-state index contributed by atoms with van der Waals surface area (Å²) in [5, 5.41) is 9.92. The van der Waals surface area contributed by atoms with Crippen LogP contribution in [0.15, 0.2) is 42.5 Å². The largest absolute Gasteiger partial charge is 0.382 e. The molecule has 0 saturated heterocycles. The molecule has 6 nitrogen and oxygen atoms in total. The first-order chi connectivity index (χ1) is 12.5. The lowest BCUT2D eigenvalue weighted by molar-refractivity contribution is 0.634. The molecule has 2 N–H and O–H groups in total. The van der Waals surface area contributed by atoms with E-state index in [4.69, 9.17) is 23.9 Å². The molecular formula is C18H12ClFN6. The molecule has 0 aliphatic carbocycles. The zero-order valence-corrected chi connectivity index (χ0v) is 14.4. The van der Waals surface area contributed by atoms with Crippen LogP contribution in [0.3, 0.4) is 0 Å². The van der Waals surface area contributed by atoms with E-state index in [0.717, 1.165) is 10.9 Å². The first-order valence-electron chi connectivity index (χ1n) is 7.63. The van der Waals surface area contributed by atoms with Gasteiger partial charge in [0.05, 0.1) is 23.5 Å². The van der Waals surface area contributed by atoms with Crippen LogP contribution >= 0.6 is 11.6 Å². The molecule has 0 spiro atoms. The van der Waals surface area contributed by atoms with Crippen LogP contribution in [-0.2, 0) is 7.05 Å². The maximum atomic E-state index is 14.0. The van der Waals surface area contributed by atoms with E-state index in [-0.39, 0.29) is 5.69 Å². The topological polar surface area (TPSA) is 66.0 Å². The summed E-state index contributed by atoms with van der Waals surface area (Å²) < 4.78 is 17.2. The molecule has 0 fully saturated rings. The van der Waals surface area contributed by atoms with Gasteiger partial charge in [0, 0.05) is 24.1 Å². The maximum absolute atomic E-state index is 14.0. The van der Waals surface area contributed by atoms with Crippen LogP contribution in [0.4, 0.5) is 15.9 Å². The predicted octanol–water partition coefficient (Wildman–Crippen LogP) is 4.35. The molecule has 4 aromatic rings. The second kappa shape index (κ2) is 5.86. The van der Waals surface area contributed by atoms with E-state index < -0.39 is 5.82 Å². The quantitative estimate of drug-likeness (QED) is 0.536. The molecule has 0 aliphatic rings. The van der Waals surface area contributed by atoms with Crippen LogP contribution in [-0.4, -0.2) is 19.6 Å². The number of nitrogen functional groups attached to an aromatic ring is 1. The van der Waals surface area contributed by atoms with Gasteiger partial charge in [0.1, 0.15) is 16.8 Å². The minimum atomic E-state index is -0.588. The Bertz CT molecular complexity index is 1200. The van der Waals surface area contributed by atoms with Crippen LogP contribution in [0.25, 0.3) is 32.7 Å². The van der Waals surface area contributed by atoms with E-state index in [1.807, 2.05) is 18.2 Å². The smallest absolute Gasteiger partial charge is 0.222 e. The van der Waals surface area contributed by atoms with Gasteiger partial charge >= 0.3 is 0 Å². The third-order valence-electron chi connectivity index (χ3n) is 4.08. The molecule has 0 bridgehead atoms. The van der Waals surface area contributed by atoms with Gasteiger partial charge in [-0.15, -0.1) is 0 Å². The van der Waals surface area contributed by atoms with Gasteiger partial charge in [-0.1, -0.05) is 23.7 Å². The summed E-state index contributed by atoms with van der Waals surface area (Å²) in [6, 6.07) is 11.6. The van der Waals surface area contributed by atoms with Crippen molar-refractivity contribution in [3.63, 3.8) is 0 Å². The molecule has 0 radical (unpaired) electrons. The number of halogens is 2. The summed E-state index contributed by atoms with van der Waals surface area (Å²) in [5.41, 5.74) is 8.50. The number of aromatic nitrogens is 4. The fourth-order valence-electron chi connectivity index (χ4n) is 2.85. The maximum Gasteiger partial charge on any atom is 0.222 e. The van der Waals surface area contributed by atoms with Crippen molar-refractivity contribution in [1.29, 1.82) is 0 Å². The molecule has 2 aromatic heterocycles. The predicted molar refractivity (Wildman–Crippen MR) is 98.9 cm³/mol. The third-order valence-corrected chi connectivity index (χ3v) is 4.53. The SMILES string of the molecule is [C-]#[N+]c1ccc(-c2cc(N)nn2-c2ccc3nn(C)c(Cl)c3c2)cc1F. The van der Waals surface area contributed by atoms with E-state index in [9.17, 15) is 4.39 Å². The van der Waals surface area contributed by atoms with Crippen molar-refractivity contribution >= 4 is 34.0 Å². The van der Waals surface area contributed by atoms with Crippen molar-refractivity contribution < 1.29 is 4.39 Å². The molecule has 0 saturated carbocycles. The van der Waals surface area contributed by atoms with E-state index in [1.54, 1.807) is 28.5 Å². The summed E-state index contributed by atoms with van der Waals surface area (Å²) in [5.74, 6) is -0.290. The number of aryl methyl sites for hydroxylation is 1. The number of nitrogens with zero attached hydrogens (tertiary/aromatic N) is 5. The van der Waals surface area contributed by atoms with Crippen LogP contribution in [0, 0.1) is 12.4 Å². The number of anilines is 1. The minimum Gasteiger partial charge on any atom is -0.382 e. The number of benzene rings is 2. The normalized spacial score (nSPS) is 11.0. The molecule has 2 heterocycles. The van der Waals surface area contributed by atoms with Gasteiger partial charge in [-0.3, -0.25) is 4.68 Å². The lowest BCUT2D eigenvalue weighted by atomic mass is 10.1. The highest BCUT2D eigenvalue weighted by atomic mass is 35.5. The van der Waals surface area contributed by atoms with Crippen LogP contribution in [0.2, 0.25) is 5.15 Å². The second-order valence-electron chi connectivity index (χ2n) is 5.76. The van der Waals surface area contributed by atoms with Gasteiger partial charge in [0.2, 0.25) is 5.69 Å². The standard InChI is InChI=1S/C18H12ClFN6/c1-22-15-5-3-10(7-13(15)20)16-9-17(21)24-26(16)11-4-6-14-12(8-11)18(19)25(2)23-14/h3-9H,2H3,(H2,21,24). The summed E-state index contributed by atoms with van der Waals surface area (Å²) in [6.45, 7) is 6.97. The Labute approximate surface area is 153 Å². The second-order valence-corrected chi connectivity index (χ2v) is 6.12. The highest BCUT2D eigenvalue weighted by Gasteiger charge is 2.15. The lowest BCUT2D eigenvalue weighted by Crippen LogP contribution is -2.00. The van der Waals surface area contributed by atoms with E-state index in [0.29, 0.717) is 27.9 Å². The fourth-order valence-corrected chi connectivity index (χ4v) is 3.04. The van der Waals surface area contributed by atoms with Crippen molar-refractivity contribution in [2.45, 2.75) is 0 Å². The first-order valence-corrected chi connectivity index (χ1v) is 8.01. The van der Waals surface area contributed by atoms with E-state index >= 15 is 0 Å². The molecule has 4 rings (SSSR count). The van der Waals surface area contributed by atoms with E-state index in [2.05, 4.69) is 15.0 Å². The van der Waals surface area contributed by atoms with Crippen molar-refractivity contribution in [1.82, 2.24) is 19.6 Å². The number of rotatable bonds is 2. The summed E-state index contributed by atoms with van der Waals surface area (Å²) in [7, 11) is 1.76. The summed E-state index contributed by atoms with van der Waals surface area (Å²) >= 11 is 6.29. The highest BCUT2D eigenvalue weighted by Crippen LogP contribution is 2.31. The molecule has 2 aromatic carbocycles. The molecule has 26 heavy (non-hydrogen) atoms.